The summed E-state index contributed by atoms with van der Waals surface area (Å²) >= 11 is 0. The maximum atomic E-state index is 13.0. The van der Waals surface area contributed by atoms with Crippen LogP contribution in [0.15, 0.2) is 114 Å². The maximum Gasteiger partial charge on any atom is 0.411 e. The molecular formula is C35H25N2O5+. The third-order valence-corrected chi connectivity index (χ3v) is 7.76. The van der Waals surface area contributed by atoms with Crippen LogP contribution in [0.2, 0.25) is 0 Å². The van der Waals surface area contributed by atoms with E-state index in [0.29, 0.717) is 44.4 Å². The lowest BCUT2D eigenvalue weighted by atomic mass is 9.93. The Hall–Kier alpha value is -5.69. The van der Waals surface area contributed by atoms with Crippen molar-refractivity contribution in [2.24, 2.45) is 0 Å². The van der Waals surface area contributed by atoms with Crippen LogP contribution in [-0.4, -0.2) is 23.8 Å². The Morgan fingerprint density at radius 2 is 1.36 bits per heavy atom. The van der Waals surface area contributed by atoms with Crippen molar-refractivity contribution in [2.75, 3.05) is 17.7 Å². The van der Waals surface area contributed by atoms with E-state index in [-0.39, 0.29) is 18.1 Å². The summed E-state index contributed by atoms with van der Waals surface area (Å²) in [4.78, 5) is 25.2. The fourth-order valence-corrected chi connectivity index (χ4v) is 5.92. The van der Waals surface area contributed by atoms with Gasteiger partial charge in [-0.25, -0.2) is 14.0 Å². The number of hydrogen-bond acceptors (Lipinski definition) is 4. The number of benzene rings is 5. The van der Waals surface area contributed by atoms with E-state index < -0.39 is 12.1 Å². The number of carbonyl (C=O) groups is 2. The van der Waals surface area contributed by atoms with E-state index in [1.165, 1.54) is 0 Å². The molecule has 7 nitrogen and oxygen atoms in total. The lowest BCUT2D eigenvalue weighted by Gasteiger charge is -2.15. The van der Waals surface area contributed by atoms with Crippen LogP contribution in [0.3, 0.4) is 0 Å². The highest BCUT2D eigenvalue weighted by Gasteiger charge is 2.29. The van der Waals surface area contributed by atoms with Crippen molar-refractivity contribution < 1.29 is 23.8 Å². The lowest BCUT2D eigenvalue weighted by Crippen LogP contribution is -2.17. The number of carboxylic acid groups (broad SMARTS) is 1. The van der Waals surface area contributed by atoms with E-state index in [0.717, 1.165) is 22.3 Å². The molecule has 0 atom stereocenters. The fourth-order valence-electron chi connectivity index (χ4n) is 5.92. The first-order chi connectivity index (χ1) is 20.5. The zero-order chi connectivity index (χ0) is 28.8. The summed E-state index contributed by atoms with van der Waals surface area (Å²) in [5.74, 6) is -1.11. The molecule has 0 radical (unpaired) electrons. The molecule has 204 valence electrons. The van der Waals surface area contributed by atoms with E-state index in [4.69, 9.17) is 14.9 Å². The predicted molar refractivity (Wildman–Crippen MR) is 164 cm³/mol. The van der Waals surface area contributed by atoms with Crippen LogP contribution in [0.1, 0.15) is 27.4 Å². The number of nitrogen functional groups attached to an aromatic ring is 1. The molecule has 0 unspecified atom stereocenters. The van der Waals surface area contributed by atoms with Gasteiger partial charge in [0.25, 0.3) is 0 Å². The monoisotopic (exact) mass is 553 g/mol. The van der Waals surface area contributed by atoms with Gasteiger partial charge in [-0.05, 0) is 58.1 Å². The fraction of sp³-hybridized carbons (Fsp3) is 0.0571. The second-order valence-corrected chi connectivity index (χ2v) is 10.2. The molecule has 0 fully saturated rings. The van der Waals surface area contributed by atoms with Crippen LogP contribution < -0.4 is 11.1 Å². The molecule has 5 aromatic carbocycles. The Morgan fingerprint density at radius 3 is 2.05 bits per heavy atom. The van der Waals surface area contributed by atoms with Gasteiger partial charge in [0.15, 0.2) is 0 Å². The molecule has 1 amide bonds. The molecule has 7 rings (SSSR count). The van der Waals surface area contributed by atoms with Crippen molar-refractivity contribution in [3.8, 4) is 22.3 Å². The van der Waals surface area contributed by atoms with Crippen molar-refractivity contribution in [1.29, 1.82) is 0 Å². The molecule has 6 aromatic rings. The van der Waals surface area contributed by atoms with E-state index in [9.17, 15) is 14.7 Å². The Bertz CT molecular complexity index is 2010. The van der Waals surface area contributed by atoms with Crippen molar-refractivity contribution in [2.45, 2.75) is 5.92 Å². The number of aromatic carboxylic acids is 1. The first-order valence-electron chi connectivity index (χ1n) is 13.5. The summed E-state index contributed by atoms with van der Waals surface area (Å²) in [5, 5.41) is 14.1. The average molecular weight is 554 g/mol. The molecule has 0 aliphatic heterocycles. The molecule has 0 saturated heterocycles. The van der Waals surface area contributed by atoms with Gasteiger partial charge in [0, 0.05) is 35.0 Å². The minimum absolute atomic E-state index is 0.0606. The molecule has 4 N–H and O–H groups in total. The molecule has 42 heavy (non-hydrogen) atoms. The Morgan fingerprint density at radius 1 is 0.762 bits per heavy atom. The first kappa shape index (κ1) is 25.3. The number of anilines is 2. The molecule has 0 spiro atoms. The predicted octanol–water partition coefficient (Wildman–Crippen LogP) is 8.18. The maximum absolute atomic E-state index is 13.0. The van der Waals surface area contributed by atoms with Crippen molar-refractivity contribution in [3.05, 3.63) is 126 Å². The summed E-state index contributed by atoms with van der Waals surface area (Å²) in [6, 6.07) is 33.6. The minimum atomic E-state index is -1.05. The van der Waals surface area contributed by atoms with Crippen LogP contribution in [0.4, 0.5) is 16.2 Å². The Kier molecular flexibility index (Phi) is 6.05. The highest BCUT2D eigenvalue weighted by atomic mass is 16.5. The molecule has 1 aliphatic carbocycles. The molecule has 1 heterocycles. The number of carboxylic acids is 1. The minimum Gasteiger partial charge on any atom is -0.478 e. The normalized spacial score (nSPS) is 12.2. The van der Waals surface area contributed by atoms with Crippen LogP contribution in [-0.2, 0) is 4.74 Å². The second kappa shape index (κ2) is 10.1. The number of rotatable bonds is 5. The largest absolute Gasteiger partial charge is 0.478 e. The van der Waals surface area contributed by atoms with Gasteiger partial charge in [0.05, 0.1) is 16.3 Å². The van der Waals surface area contributed by atoms with Gasteiger partial charge in [-0.1, -0.05) is 66.7 Å². The summed E-state index contributed by atoms with van der Waals surface area (Å²) in [5.41, 5.74) is 14.1. The third kappa shape index (κ3) is 4.28. The number of amides is 1. The Balaban J connectivity index is 1.23. The third-order valence-electron chi connectivity index (χ3n) is 7.76. The highest BCUT2D eigenvalue weighted by Crippen LogP contribution is 2.45. The molecule has 0 bridgehead atoms. The van der Waals surface area contributed by atoms with Crippen molar-refractivity contribution in [1.82, 2.24) is 0 Å². The zero-order valence-corrected chi connectivity index (χ0v) is 22.3. The topological polar surface area (TPSA) is 113 Å². The SMILES string of the molecule is Nc1ccc2[o+]c3ccc(NC(=O)OCC4c5ccccc5-c5ccccc54)cc3c(-c3ccccc3C(=O)O)c2c1. The molecular weight excluding hydrogens is 528 g/mol. The summed E-state index contributed by atoms with van der Waals surface area (Å²) < 4.78 is 11.9. The van der Waals surface area contributed by atoms with Crippen molar-refractivity contribution in [3.63, 3.8) is 0 Å². The number of hydrogen-bond donors (Lipinski definition) is 3. The summed E-state index contributed by atoms with van der Waals surface area (Å²) in [7, 11) is 0. The number of ether oxygens (including phenoxy) is 1. The molecule has 0 saturated carbocycles. The van der Waals surface area contributed by atoms with Gasteiger partial charge in [-0.2, -0.15) is 0 Å². The Labute approximate surface area is 240 Å². The lowest BCUT2D eigenvalue weighted by molar-refractivity contribution is 0.0697. The number of fused-ring (bicyclic) bond motifs is 5. The smallest absolute Gasteiger partial charge is 0.411 e. The van der Waals surface area contributed by atoms with Crippen LogP contribution in [0, 0.1) is 0 Å². The number of nitrogens with two attached hydrogens (primary N) is 1. The van der Waals surface area contributed by atoms with Gasteiger partial charge in [0.2, 0.25) is 0 Å². The van der Waals surface area contributed by atoms with Gasteiger partial charge >= 0.3 is 23.2 Å². The van der Waals surface area contributed by atoms with E-state index >= 15 is 0 Å². The zero-order valence-electron chi connectivity index (χ0n) is 22.3. The van der Waals surface area contributed by atoms with Crippen LogP contribution >= 0.6 is 0 Å². The van der Waals surface area contributed by atoms with Gasteiger partial charge in [0.1, 0.15) is 6.61 Å². The van der Waals surface area contributed by atoms with E-state index in [1.54, 1.807) is 60.7 Å². The first-order valence-corrected chi connectivity index (χ1v) is 13.5. The molecule has 1 aliphatic rings. The second-order valence-electron chi connectivity index (χ2n) is 10.2. The quantitative estimate of drug-likeness (QED) is 0.113. The van der Waals surface area contributed by atoms with E-state index in [2.05, 4.69) is 29.6 Å². The summed E-state index contributed by atoms with van der Waals surface area (Å²) in [6.07, 6.45) is -0.592. The van der Waals surface area contributed by atoms with Gasteiger partial charge in [-0.3, -0.25) is 5.32 Å². The van der Waals surface area contributed by atoms with Gasteiger partial charge < -0.3 is 15.6 Å². The number of nitrogens with one attached hydrogen (secondary N) is 1. The highest BCUT2D eigenvalue weighted by molar-refractivity contribution is 6.13. The molecule has 1 aromatic heterocycles. The average Bonchev–Trinajstić information content (AvgIpc) is 3.32. The summed E-state index contributed by atoms with van der Waals surface area (Å²) in [6.45, 7) is 0.184. The number of carbonyl (C=O) groups excluding carboxylic acids is 1. The standard InChI is InChI=1S/C35H24N2O5/c36-20-13-15-31-28(17-20)33(26-11-5-6-12-27(26)34(38)39)29-18-21(14-16-32(29)42-31)37-35(40)41-19-30-24-9-3-1-7-22(24)23-8-2-4-10-25(23)30/h1-18,30H,19,36H2,(H-,37,38,39,40)/p+1. The van der Waals surface area contributed by atoms with Crippen LogP contribution in [0.25, 0.3) is 44.2 Å². The van der Waals surface area contributed by atoms with Crippen LogP contribution in [0.5, 0.6) is 0 Å². The van der Waals surface area contributed by atoms with E-state index in [1.807, 2.05) is 24.3 Å². The van der Waals surface area contributed by atoms with Crippen molar-refractivity contribution >= 4 is 45.4 Å². The van der Waals surface area contributed by atoms with Gasteiger partial charge in [-0.15, -0.1) is 0 Å². The molecule has 7 heteroatoms.